The number of nitrogens with one attached hydrogen (secondary N) is 1. The number of amides is 1. The van der Waals surface area contributed by atoms with Crippen LogP contribution < -0.4 is 5.32 Å². The molecule has 1 N–H and O–H groups in total. The Kier molecular flexibility index (Phi) is 4.87. The summed E-state index contributed by atoms with van der Waals surface area (Å²) < 4.78 is 8.91. The van der Waals surface area contributed by atoms with Crippen molar-refractivity contribution in [2.45, 2.75) is 27.3 Å². The normalized spacial score (nSPS) is 12.4. The molecule has 0 bridgehead atoms. The quantitative estimate of drug-likeness (QED) is 0.540. The van der Waals surface area contributed by atoms with Gasteiger partial charge in [-0.2, -0.15) is 10.2 Å². The molecule has 0 radical (unpaired) electrons. The van der Waals surface area contributed by atoms with Gasteiger partial charge in [-0.25, -0.2) is 4.98 Å². The minimum atomic E-state index is -0.183. The van der Waals surface area contributed by atoms with E-state index in [0.717, 1.165) is 17.8 Å². The highest BCUT2D eigenvalue weighted by Crippen LogP contribution is 2.26. The van der Waals surface area contributed by atoms with Crippen LogP contribution in [0.4, 0.5) is 0 Å². The molecule has 1 amide bonds. The summed E-state index contributed by atoms with van der Waals surface area (Å²) in [6.45, 7) is 7.09. The minimum absolute atomic E-state index is 0.183. The summed E-state index contributed by atoms with van der Waals surface area (Å²) in [7, 11) is 1.83. The predicted octanol–water partition coefficient (Wildman–Crippen LogP) is 2.50. The fraction of sp³-hybridized carbons (Fsp3) is 0.350. The molecule has 0 aliphatic rings. The Hall–Kier alpha value is -3.49. The van der Waals surface area contributed by atoms with E-state index in [1.165, 1.54) is 0 Å². The number of aromatic nitrogens is 6. The lowest BCUT2D eigenvalue weighted by Gasteiger charge is -2.13. The van der Waals surface area contributed by atoms with Crippen LogP contribution in [0.15, 0.2) is 35.2 Å². The molecule has 4 aromatic rings. The summed E-state index contributed by atoms with van der Waals surface area (Å²) >= 11 is 0. The highest BCUT2D eigenvalue weighted by atomic mass is 16.5. The van der Waals surface area contributed by atoms with Gasteiger partial charge in [0.25, 0.3) is 11.6 Å². The summed E-state index contributed by atoms with van der Waals surface area (Å²) in [5, 5.41) is 16.2. The second-order valence-electron chi connectivity index (χ2n) is 7.40. The summed E-state index contributed by atoms with van der Waals surface area (Å²) in [6, 6.07) is 3.73. The molecule has 4 rings (SSSR count). The van der Waals surface area contributed by atoms with Crippen LogP contribution in [-0.4, -0.2) is 42.2 Å². The lowest BCUT2D eigenvalue weighted by molar-refractivity contribution is 0.0948. The molecule has 1 atom stereocenters. The maximum Gasteiger partial charge on any atom is 0.259 e. The molecule has 0 saturated carbocycles. The van der Waals surface area contributed by atoms with Crippen molar-refractivity contribution in [3.63, 3.8) is 0 Å². The Morgan fingerprint density at radius 2 is 2.17 bits per heavy atom. The van der Waals surface area contributed by atoms with Gasteiger partial charge in [-0.3, -0.25) is 14.2 Å². The molecule has 4 aromatic heterocycles. The van der Waals surface area contributed by atoms with Crippen molar-refractivity contribution < 1.29 is 9.32 Å². The smallest absolute Gasteiger partial charge is 0.259 e. The number of hydrogen-bond acceptors (Lipinski definition) is 6. The molecule has 0 unspecified atom stereocenters. The van der Waals surface area contributed by atoms with Gasteiger partial charge in [0.05, 0.1) is 34.2 Å². The van der Waals surface area contributed by atoms with Crippen LogP contribution in [0.5, 0.6) is 0 Å². The van der Waals surface area contributed by atoms with Crippen LogP contribution in [0.1, 0.15) is 28.7 Å². The van der Waals surface area contributed by atoms with E-state index in [2.05, 4.69) is 32.6 Å². The molecule has 0 aromatic carbocycles. The van der Waals surface area contributed by atoms with Crippen molar-refractivity contribution in [2.75, 3.05) is 6.54 Å². The number of aryl methyl sites for hydroxylation is 3. The first-order valence-corrected chi connectivity index (χ1v) is 9.45. The van der Waals surface area contributed by atoms with Gasteiger partial charge >= 0.3 is 0 Å². The fourth-order valence-corrected chi connectivity index (χ4v) is 3.29. The van der Waals surface area contributed by atoms with Crippen LogP contribution in [0.25, 0.3) is 22.4 Å². The maximum absolute atomic E-state index is 13.0. The second-order valence-corrected chi connectivity index (χ2v) is 7.40. The number of carbonyl (C=O) groups excluding carboxylic acids is 1. The Labute approximate surface area is 167 Å². The minimum Gasteiger partial charge on any atom is -0.352 e. The van der Waals surface area contributed by atoms with Crippen molar-refractivity contribution in [2.24, 2.45) is 13.0 Å². The molecule has 4 heterocycles. The van der Waals surface area contributed by atoms with E-state index in [0.29, 0.717) is 34.6 Å². The van der Waals surface area contributed by atoms with Crippen LogP contribution in [-0.2, 0) is 13.6 Å². The van der Waals surface area contributed by atoms with Crippen LogP contribution >= 0.6 is 0 Å². The highest BCUT2D eigenvalue weighted by Gasteiger charge is 2.20. The third-order valence-electron chi connectivity index (χ3n) is 4.75. The van der Waals surface area contributed by atoms with Crippen LogP contribution in [0, 0.1) is 19.8 Å². The van der Waals surface area contributed by atoms with Crippen molar-refractivity contribution in [1.82, 2.24) is 35.0 Å². The molecule has 150 valence electrons. The zero-order chi connectivity index (χ0) is 20.5. The molecule has 0 fully saturated rings. The van der Waals surface area contributed by atoms with E-state index in [4.69, 9.17) is 4.52 Å². The molecular weight excluding hydrogens is 370 g/mol. The van der Waals surface area contributed by atoms with E-state index < -0.39 is 0 Å². The van der Waals surface area contributed by atoms with Crippen molar-refractivity contribution in [3.8, 4) is 11.3 Å². The molecule has 9 heteroatoms. The summed E-state index contributed by atoms with van der Waals surface area (Å²) in [5.41, 5.74) is 3.87. The second kappa shape index (κ2) is 7.50. The van der Waals surface area contributed by atoms with Gasteiger partial charge in [0, 0.05) is 38.1 Å². The monoisotopic (exact) mass is 393 g/mol. The SMILES string of the molecule is Cc1ccn(C[C@H](C)CNC(=O)c2cc(-c3cnn(C)c3)nc3onc(C)c23)n1. The van der Waals surface area contributed by atoms with Crippen molar-refractivity contribution in [1.29, 1.82) is 0 Å². The summed E-state index contributed by atoms with van der Waals surface area (Å²) in [6.07, 6.45) is 5.49. The zero-order valence-electron chi connectivity index (χ0n) is 16.9. The average molecular weight is 393 g/mol. The average Bonchev–Trinajstić information content (AvgIpc) is 3.40. The number of hydrogen-bond donors (Lipinski definition) is 1. The number of fused-ring (bicyclic) bond motifs is 1. The molecule has 0 saturated heterocycles. The topological polar surface area (TPSA) is 104 Å². The maximum atomic E-state index is 13.0. The highest BCUT2D eigenvalue weighted by molar-refractivity contribution is 6.06. The summed E-state index contributed by atoms with van der Waals surface area (Å²) in [5.74, 6) is 0.0364. The van der Waals surface area contributed by atoms with Gasteiger partial charge in [-0.15, -0.1) is 0 Å². The Balaban J connectivity index is 1.56. The first-order valence-electron chi connectivity index (χ1n) is 9.45. The Morgan fingerprint density at radius 3 is 2.86 bits per heavy atom. The molecule has 9 nitrogen and oxygen atoms in total. The standard InChI is InChI=1S/C20H23N7O2/c1-12(10-27-6-5-13(2)24-27)8-21-19(28)16-7-17(15-9-22-26(4)11-15)23-20-18(16)14(3)25-29-20/h5-7,9,11-12H,8,10H2,1-4H3,(H,21,28)/t12-/m1/s1. The third-order valence-corrected chi connectivity index (χ3v) is 4.75. The van der Waals surface area contributed by atoms with Crippen LogP contribution in [0.2, 0.25) is 0 Å². The fourth-order valence-electron chi connectivity index (χ4n) is 3.29. The van der Waals surface area contributed by atoms with E-state index in [-0.39, 0.29) is 11.8 Å². The van der Waals surface area contributed by atoms with Crippen molar-refractivity contribution in [3.05, 3.63) is 47.7 Å². The van der Waals surface area contributed by atoms with Gasteiger partial charge in [-0.1, -0.05) is 12.1 Å². The van der Waals surface area contributed by atoms with Crippen molar-refractivity contribution >= 4 is 17.0 Å². The lowest BCUT2D eigenvalue weighted by atomic mass is 10.1. The molecule has 29 heavy (non-hydrogen) atoms. The summed E-state index contributed by atoms with van der Waals surface area (Å²) in [4.78, 5) is 17.5. The largest absolute Gasteiger partial charge is 0.352 e. The lowest BCUT2D eigenvalue weighted by Crippen LogP contribution is -2.30. The van der Waals surface area contributed by atoms with E-state index >= 15 is 0 Å². The molecular formula is C20H23N7O2. The molecule has 0 spiro atoms. The Morgan fingerprint density at radius 1 is 1.34 bits per heavy atom. The van der Waals surface area contributed by atoms with Crippen LogP contribution in [0.3, 0.4) is 0 Å². The number of rotatable bonds is 6. The number of pyridine rings is 1. The van der Waals surface area contributed by atoms with Gasteiger partial charge in [0.15, 0.2) is 0 Å². The predicted molar refractivity (Wildman–Crippen MR) is 107 cm³/mol. The molecule has 0 aliphatic heterocycles. The Bertz CT molecular complexity index is 1170. The zero-order valence-corrected chi connectivity index (χ0v) is 16.9. The van der Waals surface area contributed by atoms with Gasteiger partial charge in [-0.05, 0) is 31.9 Å². The third kappa shape index (κ3) is 3.89. The number of carbonyl (C=O) groups is 1. The van der Waals surface area contributed by atoms with Gasteiger partial charge < -0.3 is 9.84 Å². The number of nitrogens with zero attached hydrogens (tertiary/aromatic N) is 6. The van der Waals surface area contributed by atoms with E-state index in [9.17, 15) is 4.79 Å². The van der Waals surface area contributed by atoms with E-state index in [1.54, 1.807) is 23.9 Å². The first kappa shape index (κ1) is 18.9. The molecule has 0 aliphatic carbocycles. The van der Waals surface area contributed by atoms with Gasteiger partial charge in [0.2, 0.25) is 0 Å². The first-order chi connectivity index (χ1) is 13.9. The van der Waals surface area contributed by atoms with E-state index in [1.807, 2.05) is 37.1 Å². The van der Waals surface area contributed by atoms with Gasteiger partial charge in [0.1, 0.15) is 0 Å².